The first-order valence-electron chi connectivity index (χ1n) is 11.1. The third kappa shape index (κ3) is 4.41. The summed E-state index contributed by atoms with van der Waals surface area (Å²) in [6.45, 7) is 1.12. The molecule has 3 N–H and O–H groups in total. The third-order valence-corrected chi connectivity index (χ3v) is 6.02. The van der Waals surface area contributed by atoms with Gasteiger partial charge in [0.05, 0.1) is 17.2 Å². The van der Waals surface area contributed by atoms with Gasteiger partial charge in [0.15, 0.2) is 5.82 Å². The molecule has 1 atom stereocenters. The van der Waals surface area contributed by atoms with Gasteiger partial charge in [-0.05, 0) is 43.9 Å². The molecule has 2 amide bonds. The number of nitrogens with one attached hydrogen (secondary N) is 3. The highest BCUT2D eigenvalue weighted by Crippen LogP contribution is 2.34. The van der Waals surface area contributed by atoms with Crippen LogP contribution in [0, 0.1) is 11.7 Å². The van der Waals surface area contributed by atoms with Gasteiger partial charge in [0.1, 0.15) is 18.2 Å². The second kappa shape index (κ2) is 8.82. The number of fused-ring (bicyclic) bond motifs is 1. The Hall–Kier alpha value is -3.46. The Morgan fingerprint density at radius 1 is 1.27 bits per heavy atom. The Labute approximate surface area is 189 Å². The van der Waals surface area contributed by atoms with Gasteiger partial charge in [-0.1, -0.05) is 0 Å². The summed E-state index contributed by atoms with van der Waals surface area (Å²) in [5, 5.41) is 5.96. The molecule has 1 unspecified atom stereocenters. The second-order valence-electron chi connectivity index (χ2n) is 8.42. The van der Waals surface area contributed by atoms with Gasteiger partial charge in [0.2, 0.25) is 5.91 Å². The van der Waals surface area contributed by atoms with Crippen molar-refractivity contribution >= 4 is 28.5 Å². The molecule has 9 heteroatoms. The minimum atomic E-state index is -0.468. The van der Waals surface area contributed by atoms with E-state index in [0.717, 1.165) is 32.3 Å². The summed E-state index contributed by atoms with van der Waals surface area (Å²) in [7, 11) is 1.53. The fraction of sp³-hybridized carbons (Fsp3) is 0.375. The standard InChI is InChI=1S/C24H25FN4O4/c1-26-24(31)18-11-27-22(29-23(30)13-4-5-13)21-17(18)10-20(28-21)16-7-6-14(9-19(16)25)33-12-15-3-2-8-32-15/h6-7,9-11,13,15,28H,2-5,8,12H2,1H3,(H,26,31)(H,27,29,30). The molecule has 1 aliphatic carbocycles. The van der Waals surface area contributed by atoms with Crippen LogP contribution in [-0.4, -0.2) is 48.1 Å². The summed E-state index contributed by atoms with van der Waals surface area (Å²) in [6.07, 6.45) is 5.12. The number of ether oxygens (including phenoxy) is 2. The van der Waals surface area contributed by atoms with Crippen molar-refractivity contribution in [3.05, 3.63) is 41.8 Å². The van der Waals surface area contributed by atoms with Crippen molar-refractivity contribution in [1.82, 2.24) is 15.3 Å². The zero-order valence-corrected chi connectivity index (χ0v) is 18.2. The molecule has 0 radical (unpaired) electrons. The minimum Gasteiger partial charge on any atom is -0.491 e. The van der Waals surface area contributed by atoms with Crippen LogP contribution in [0.2, 0.25) is 0 Å². The van der Waals surface area contributed by atoms with Crippen molar-refractivity contribution in [1.29, 1.82) is 0 Å². The van der Waals surface area contributed by atoms with Crippen LogP contribution in [0.25, 0.3) is 22.2 Å². The van der Waals surface area contributed by atoms with E-state index in [1.165, 1.54) is 19.3 Å². The molecule has 1 saturated heterocycles. The third-order valence-electron chi connectivity index (χ3n) is 6.02. The number of aromatic amines is 1. The smallest absolute Gasteiger partial charge is 0.253 e. The topological polar surface area (TPSA) is 105 Å². The molecule has 0 bridgehead atoms. The van der Waals surface area contributed by atoms with E-state index in [0.29, 0.717) is 45.9 Å². The highest BCUT2D eigenvalue weighted by Gasteiger charge is 2.30. The molecule has 8 nitrogen and oxygen atoms in total. The largest absolute Gasteiger partial charge is 0.491 e. The number of anilines is 1. The van der Waals surface area contributed by atoms with Crippen LogP contribution in [0.5, 0.6) is 5.75 Å². The lowest BCUT2D eigenvalue weighted by Gasteiger charge is -2.12. The van der Waals surface area contributed by atoms with Crippen LogP contribution >= 0.6 is 0 Å². The van der Waals surface area contributed by atoms with E-state index >= 15 is 4.39 Å². The number of carbonyl (C=O) groups is 2. The molecule has 1 aliphatic heterocycles. The molecule has 1 aromatic carbocycles. The van der Waals surface area contributed by atoms with E-state index in [2.05, 4.69) is 20.6 Å². The normalized spacial score (nSPS) is 17.8. The van der Waals surface area contributed by atoms with Gasteiger partial charge >= 0.3 is 0 Å². The number of nitrogens with zero attached hydrogens (tertiary/aromatic N) is 1. The fourth-order valence-electron chi connectivity index (χ4n) is 4.01. The molecular formula is C24H25FN4O4. The Balaban J connectivity index is 1.46. The lowest BCUT2D eigenvalue weighted by Crippen LogP contribution is -2.19. The van der Waals surface area contributed by atoms with Gasteiger partial charge in [-0.3, -0.25) is 9.59 Å². The van der Waals surface area contributed by atoms with Crippen molar-refractivity contribution in [2.75, 3.05) is 25.6 Å². The predicted octanol–water partition coefficient (Wildman–Crippen LogP) is 3.63. The van der Waals surface area contributed by atoms with Crippen molar-refractivity contribution in [3.8, 4) is 17.0 Å². The van der Waals surface area contributed by atoms with Crippen molar-refractivity contribution in [2.24, 2.45) is 5.92 Å². The fourth-order valence-corrected chi connectivity index (χ4v) is 4.01. The van der Waals surface area contributed by atoms with E-state index in [-0.39, 0.29) is 23.8 Å². The van der Waals surface area contributed by atoms with Gasteiger partial charge < -0.3 is 25.1 Å². The number of rotatable bonds is 7. The highest BCUT2D eigenvalue weighted by atomic mass is 19.1. The maximum absolute atomic E-state index is 15.0. The van der Waals surface area contributed by atoms with E-state index in [9.17, 15) is 9.59 Å². The first kappa shape index (κ1) is 21.4. The molecule has 2 aromatic heterocycles. The molecule has 0 spiro atoms. The van der Waals surface area contributed by atoms with Crippen LogP contribution in [-0.2, 0) is 9.53 Å². The molecule has 1 saturated carbocycles. The van der Waals surface area contributed by atoms with Gasteiger partial charge in [-0.15, -0.1) is 0 Å². The second-order valence-corrected chi connectivity index (χ2v) is 8.42. The number of benzene rings is 1. The number of hydrogen-bond donors (Lipinski definition) is 3. The molecule has 2 aliphatic rings. The van der Waals surface area contributed by atoms with Gasteiger partial charge in [-0.2, -0.15) is 0 Å². The monoisotopic (exact) mass is 452 g/mol. The maximum atomic E-state index is 15.0. The molecule has 2 fully saturated rings. The molecule has 3 heterocycles. The molecule has 33 heavy (non-hydrogen) atoms. The minimum absolute atomic E-state index is 0.00507. The zero-order chi connectivity index (χ0) is 22.9. The number of pyridine rings is 1. The number of carbonyl (C=O) groups excluding carboxylic acids is 2. The number of halogens is 1. The maximum Gasteiger partial charge on any atom is 0.253 e. The number of aromatic nitrogens is 2. The molecule has 3 aromatic rings. The van der Waals surface area contributed by atoms with E-state index in [1.54, 1.807) is 18.2 Å². The predicted molar refractivity (Wildman–Crippen MR) is 121 cm³/mol. The first-order valence-corrected chi connectivity index (χ1v) is 11.1. The molecule has 5 rings (SSSR count). The van der Waals surface area contributed by atoms with Crippen molar-refractivity contribution < 1.29 is 23.5 Å². The molecule has 172 valence electrons. The average molecular weight is 452 g/mol. The van der Waals surface area contributed by atoms with Crippen LogP contribution in [0.3, 0.4) is 0 Å². The SMILES string of the molecule is CNC(=O)c1cnc(NC(=O)C2CC2)c2[nH]c(-c3ccc(OCC4CCCO4)cc3F)cc12. The summed E-state index contributed by atoms with van der Waals surface area (Å²) in [4.78, 5) is 32.1. The Bertz CT molecular complexity index is 1210. The zero-order valence-electron chi connectivity index (χ0n) is 18.2. The van der Waals surface area contributed by atoms with Gasteiger partial charge in [0, 0.05) is 48.5 Å². The van der Waals surface area contributed by atoms with E-state index in [1.807, 2.05) is 0 Å². The number of amides is 2. The Morgan fingerprint density at radius 3 is 2.82 bits per heavy atom. The quantitative estimate of drug-likeness (QED) is 0.508. The number of H-pyrrole nitrogens is 1. The van der Waals surface area contributed by atoms with Crippen LogP contribution in [0.4, 0.5) is 10.2 Å². The number of hydrogen-bond acceptors (Lipinski definition) is 5. The van der Waals surface area contributed by atoms with E-state index in [4.69, 9.17) is 9.47 Å². The summed E-state index contributed by atoms with van der Waals surface area (Å²) < 4.78 is 26.2. The van der Waals surface area contributed by atoms with Gasteiger partial charge in [-0.25, -0.2) is 9.37 Å². The van der Waals surface area contributed by atoms with E-state index < -0.39 is 5.82 Å². The Kier molecular flexibility index (Phi) is 5.72. The summed E-state index contributed by atoms with van der Waals surface area (Å²) in [5.74, 6) is -0.160. The van der Waals surface area contributed by atoms with Crippen molar-refractivity contribution in [2.45, 2.75) is 31.8 Å². The molecular weight excluding hydrogens is 427 g/mol. The van der Waals surface area contributed by atoms with Crippen LogP contribution < -0.4 is 15.4 Å². The average Bonchev–Trinajstić information content (AvgIpc) is 3.36. The first-order chi connectivity index (χ1) is 16.0. The summed E-state index contributed by atoms with van der Waals surface area (Å²) in [5.41, 5.74) is 1.58. The highest BCUT2D eigenvalue weighted by molar-refractivity contribution is 6.11. The van der Waals surface area contributed by atoms with Crippen molar-refractivity contribution in [3.63, 3.8) is 0 Å². The summed E-state index contributed by atoms with van der Waals surface area (Å²) >= 11 is 0. The Morgan fingerprint density at radius 2 is 2.12 bits per heavy atom. The summed E-state index contributed by atoms with van der Waals surface area (Å²) in [6, 6.07) is 6.36. The lowest BCUT2D eigenvalue weighted by atomic mass is 10.1. The lowest BCUT2D eigenvalue weighted by molar-refractivity contribution is -0.117. The van der Waals surface area contributed by atoms with Crippen LogP contribution in [0.15, 0.2) is 30.5 Å². The van der Waals surface area contributed by atoms with Crippen LogP contribution in [0.1, 0.15) is 36.0 Å². The van der Waals surface area contributed by atoms with Gasteiger partial charge in [0.25, 0.3) is 5.91 Å².